The number of rotatable bonds is 13. The molecule has 2 N–H and O–H groups in total. The largest absolute Gasteiger partial charge is 0.493 e. The molecule has 0 atom stereocenters. The second-order valence-corrected chi connectivity index (χ2v) is 6.23. The lowest BCUT2D eigenvalue weighted by Crippen LogP contribution is -2.38. The Morgan fingerprint density at radius 1 is 1.10 bits per heavy atom. The van der Waals surface area contributed by atoms with Crippen molar-refractivity contribution in [2.45, 2.75) is 39.3 Å². The molecular formula is C20H33F3IN3O3. The van der Waals surface area contributed by atoms with E-state index in [0.29, 0.717) is 44.4 Å². The van der Waals surface area contributed by atoms with Crippen LogP contribution in [0.25, 0.3) is 0 Å². The highest BCUT2D eigenvalue weighted by Gasteiger charge is 2.27. The number of aryl methyl sites for hydroxylation is 1. The molecule has 0 heterocycles. The molecule has 0 radical (unpaired) electrons. The second-order valence-electron chi connectivity index (χ2n) is 6.23. The maximum Gasteiger partial charge on any atom is 0.411 e. The van der Waals surface area contributed by atoms with Crippen molar-refractivity contribution in [3.63, 3.8) is 0 Å². The summed E-state index contributed by atoms with van der Waals surface area (Å²) in [5.74, 6) is 2.10. The van der Waals surface area contributed by atoms with Gasteiger partial charge in [0.15, 0.2) is 17.5 Å². The average Bonchev–Trinajstić information content (AvgIpc) is 2.67. The third-order valence-corrected chi connectivity index (χ3v) is 3.79. The van der Waals surface area contributed by atoms with E-state index in [1.165, 1.54) is 0 Å². The van der Waals surface area contributed by atoms with Crippen LogP contribution in [0.5, 0.6) is 11.5 Å². The molecule has 6 nitrogen and oxygen atoms in total. The molecule has 1 aromatic carbocycles. The first-order valence-corrected chi connectivity index (χ1v) is 9.86. The van der Waals surface area contributed by atoms with Crippen LogP contribution in [0, 0.1) is 0 Å². The van der Waals surface area contributed by atoms with Gasteiger partial charge in [-0.05, 0) is 50.8 Å². The van der Waals surface area contributed by atoms with Gasteiger partial charge in [0, 0.05) is 26.2 Å². The fourth-order valence-electron chi connectivity index (χ4n) is 2.53. The number of aliphatic imine (C=N–C) groups is 1. The predicted octanol–water partition coefficient (Wildman–Crippen LogP) is 4.17. The van der Waals surface area contributed by atoms with Crippen LogP contribution in [-0.4, -0.2) is 58.7 Å². The zero-order valence-corrected chi connectivity index (χ0v) is 20.1. The van der Waals surface area contributed by atoms with Crippen LogP contribution in [0.15, 0.2) is 23.2 Å². The van der Waals surface area contributed by atoms with Crippen LogP contribution in [0.3, 0.4) is 0 Å². The van der Waals surface area contributed by atoms with Crippen molar-refractivity contribution in [2.75, 3.05) is 46.6 Å². The number of halogens is 4. The smallest absolute Gasteiger partial charge is 0.411 e. The lowest BCUT2D eigenvalue weighted by Gasteiger charge is -2.12. The number of guanidine groups is 1. The number of ether oxygens (including phenoxy) is 3. The van der Waals surface area contributed by atoms with Crippen LogP contribution in [0.2, 0.25) is 0 Å². The molecule has 0 aliphatic heterocycles. The van der Waals surface area contributed by atoms with E-state index in [-0.39, 0.29) is 30.6 Å². The zero-order valence-electron chi connectivity index (χ0n) is 17.8. The van der Waals surface area contributed by atoms with Gasteiger partial charge in [-0.25, -0.2) is 0 Å². The van der Waals surface area contributed by atoms with Crippen molar-refractivity contribution in [3.05, 3.63) is 23.8 Å². The Bertz CT molecular complexity index is 617. The van der Waals surface area contributed by atoms with Gasteiger partial charge in [0.25, 0.3) is 0 Å². The Morgan fingerprint density at radius 3 is 2.50 bits per heavy atom. The van der Waals surface area contributed by atoms with Crippen LogP contribution in [-0.2, 0) is 11.2 Å². The van der Waals surface area contributed by atoms with Gasteiger partial charge >= 0.3 is 6.18 Å². The Morgan fingerprint density at radius 2 is 1.87 bits per heavy atom. The molecule has 30 heavy (non-hydrogen) atoms. The molecular weight excluding hydrogens is 514 g/mol. The van der Waals surface area contributed by atoms with Gasteiger partial charge in [-0.15, -0.1) is 24.0 Å². The van der Waals surface area contributed by atoms with E-state index in [2.05, 4.69) is 20.4 Å². The van der Waals surface area contributed by atoms with Crippen molar-refractivity contribution < 1.29 is 27.4 Å². The van der Waals surface area contributed by atoms with Crippen molar-refractivity contribution in [1.29, 1.82) is 0 Å². The van der Waals surface area contributed by atoms with Crippen molar-refractivity contribution >= 4 is 29.9 Å². The first-order chi connectivity index (χ1) is 13.9. The second kappa shape index (κ2) is 16.3. The van der Waals surface area contributed by atoms with Crippen LogP contribution in [0.4, 0.5) is 13.2 Å². The molecule has 174 valence electrons. The SMILES string of the molecule is CCNC(=NCCCc1ccc(OC)c(OCC)c1)NCCCOCC(F)(F)F.I. The monoisotopic (exact) mass is 547 g/mol. The Hall–Kier alpha value is -1.43. The molecule has 0 amide bonds. The Labute approximate surface area is 194 Å². The molecule has 0 saturated heterocycles. The predicted molar refractivity (Wildman–Crippen MR) is 123 cm³/mol. The number of hydrogen-bond acceptors (Lipinski definition) is 4. The van der Waals surface area contributed by atoms with E-state index in [1.807, 2.05) is 32.0 Å². The highest BCUT2D eigenvalue weighted by Crippen LogP contribution is 2.28. The van der Waals surface area contributed by atoms with Crippen LogP contribution >= 0.6 is 24.0 Å². The van der Waals surface area contributed by atoms with Crippen LogP contribution < -0.4 is 20.1 Å². The molecule has 1 aromatic rings. The van der Waals surface area contributed by atoms with E-state index < -0.39 is 12.8 Å². The van der Waals surface area contributed by atoms with E-state index in [4.69, 9.17) is 9.47 Å². The first kappa shape index (κ1) is 28.6. The molecule has 10 heteroatoms. The van der Waals surface area contributed by atoms with Crippen molar-refractivity contribution in [2.24, 2.45) is 4.99 Å². The number of methoxy groups -OCH3 is 1. The molecule has 1 rings (SSSR count). The van der Waals surface area contributed by atoms with E-state index in [9.17, 15) is 13.2 Å². The average molecular weight is 547 g/mol. The first-order valence-electron chi connectivity index (χ1n) is 9.86. The molecule has 0 aliphatic carbocycles. The number of nitrogens with zero attached hydrogens (tertiary/aromatic N) is 1. The summed E-state index contributed by atoms with van der Waals surface area (Å²) in [6, 6.07) is 5.89. The molecule has 0 spiro atoms. The van der Waals surface area contributed by atoms with Gasteiger partial charge in [-0.1, -0.05) is 6.07 Å². The summed E-state index contributed by atoms with van der Waals surface area (Å²) in [5, 5.41) is 6.22. The van der Waals surface area contributed by atoms with Crippen LogP contribution in [0.1, 0.15) is 32.3 Å². The Balaban J connectivity index is 0.00000841. The number of hydrogen-bond donors (Lipinski definition) is 2. The van der Waals surface area contributed by atoms with E-state index in [0.717, 1.165) is 24.2 Å². The summed E-state index contributed by atoms with van der Waals surface area (Å²) in [7, 11) is 1.62. The van der Waals surface area contributed by atoms with Gasteiger partial charge in [0.05, 0.1) is 13.7 Å². The number of alkyl halides is 3. The standard InChI is InChI=1S/C20H32F3N3O3.HI/c1-4-24-19(26-12-7-13-28-15-20(21,22)23)25-11-6-8-16-9-10-17(27-3)18(14-16)29-5-2;/h9-10,14H,4-8,11-13,15H2,1-3H3,(H2,24,25,26);1H. The van der Waals surface area contributed by atoms with Gasteiger partial charge in [-0.3, -0.25) is 4.99 Å². The fourth-order valence-corrected chi connectivity index (χ4v) is 2.53. The zero-order chi connectivity index (χ0) is 21.5. The minimum Gasteiger partial charge on any atom is -0.493 e. The maximum atomic E-state index is 12.0. The molecule has 0 aromatic heterocycles. The Kier molecular flexibility index (Phi) is 15.5. The van der Waals surface area contributed by atoms with Gasteiger partial charge in [0.2, 0.25) is 0 Å². The quantitative estimate of drug-likeness (QED) is 0.168. The third-order valence-electron chi connectivity index (χ3n) is 3.79. The molecule has 0 saturated carbocycles. The lowest BCUT2D eigenvalue weighted by molar-refractivity contribution is -0.173. The summed E-state index contributed by atoms with van der Waals surface area (Å²) in [4.78, 5) is 4.50. The minimum absolute atomic E-state index is 0. The minimum atomic E-state index is -4.28. The maximum absolute atomic E-state index is 12.0. The summed E-state index contributed by atoms with van der Waals surface area (Å²) >= 11 is 0. The van der Waals surface area contributed by atoms with E-state index >= 15 is 0 Å². The molecule has 0 bridgehead atoms. The van der Waals surface area contributed by atoms with Crippen molar-refractivity contribution in [1.82, 2.24) is 10.6 Å². The third kappa shape index (κ3) is 13.0. The topological polar surface area (TPSA) is 64.1 Å². The van der Waals surface area contributed by atoms with E-state index in [1.54, 1.807) is 7.11 Å². The highest BCUT2D eigenvalue weighted by atomic mass is 127. The lowest BCUT2D eigenvalue weighted by atomic mass is 10.1. The summed E-state index contributed by atoms with van der Waals surface area (Å²) in [6.07, 6.45) is -2.12. The molecule has 0 aliphatic rings. The van der Waals surface area contributed by atoms with Crippen molar-refractivity contribution in [3.8, 4) is 11.5 Å². The molecule has 0 unspecified atom stereocenters. The molecule has 0 fully saturated rings. The van der Waals surface area contributed by atoms with Gasteiger partial charge in [-0.2, -0.15) is 13.2 Å². The summed E-state index contributed by atoms with van der Waals surface area (Å²) in [5.41, 5.74) is 1.14. The normalized spacial score (nSPS) is 11.6. The number of nitrogens with one attached hydrogen (secondary N) is 2. The van der Waals surface area contributed by atoms with Gasteiger partial charge in [0.1, 0.15) is 6.61 Å². The highest BCUT2D eigenvalue weighted by molar-refractivity contribution is 14.0. The summed E-state index contributed by atoms with van der Waals surface area (Å²) < 4.78 is 51.5. The number of benzene rings is 1. The fraction of sp³-hybridized carbons (Fsp3) is 0.650. The summed E-state index contributed by atoms with van der Waals surface area (Å²) in [6.45, 7) is 5.10. The van der Waals surface area contributed by atoms with Gasteiger partial charge < -0.3 is 24.8 Å².